The quantitative estimate of drug-likeness (QED) is 0.770. The molecule has 0 fully saturated rings. The molecule has 2 atom stereocenters. The molecule has 1 amide bonds. The molecule has 1 N–H and O–H groups in total. The molecule has 0 saturated heterocycles. The zero-order chi connectivity index (χ0) is 16.4. The van der Waals surface area contributed by atoms with Crippen LogP contribution in [0.4, 0.5) is 0 Å². The highest BCUT2D eigenvalue weighted by Gasteiger charge is 2.33. The Kier molecular flexibility index (Phi) is 3.87. The Hall–Kier alpha value is -2.87. The maximum Gasteiger partial charge on any atom is 0.228 e. The smallest absolute Gasteiger partial charge is 0.228 e. The summed E-state index contributed by atoms with van der Waals surface area (Å²) in [6.45, 7) is 0. The molecule has 118 valence electrons. The monoisotopic (exact) mass is 313 g/mol. The van der Waals surface area contributed by atoms with Crippen molar-refractivity contribution in [2.75, 3.05) is 0 Å². The van der Waals surface area contributed by atoms with Crippen molar-refractivity contribution in [1.29, 1.82) is 0 Å². The number of fused-ring (bicyclic) bond motifs is 1. The summed E-state index contributed by atoms with van der Waals surface area (Å²) in [5, 5.41) is 3.22. The first-order valence-electron chi connectivity index (χ1n) is 8.31. The van der Waals surface area contributed by atoms with Crippen LogP contribution in [0, 0.1) is 0 Å². The lowest BCUT2D eigenvalue weighted by Crippen LogP contribution is -2.39. The van der Waals surface area contributed by atoms with Crippen LogP contribution >= 0.6 is 0 Å². The number of hydrogen-bond acceptors (Lipinski definition) is 1. The van der Waals surface area contributed by atoms with Crippen molar-refractivity contribution in [2.45, 2.75) is 18.4 Å². The number of nitrogens with one attached hydrogen (secondary N) is 1. The first kappa shape index (κ1) is 14.7. The molecule has 2 nitrogen and oxygen atoms in total. The van der Waals surface area contributed by atoms with Gasteiger partial charge in [0.05, 0.1) is 12.0 Å². The number of carbonyl (C=O) groups is 1. The lowest BCUT2D eigenvalue weighted by atomic mass is 9.81. The Labute approximate surface area is 142 Å². The molecule has 0 aromatic heterocycles. The van der Waals surface area contributed by atoms with Crippen molar-refractivity contribution in [3.8, 4) is 0 Å². The third-order valence-corrected chi connectivity index (χ3v) is 4.70. The van der Waals surface area contributed by atoms with Crippen molar-refractivity contribution in [2.24, 2.45) is 0 Å². The molecule has 4 rings (SSSR count). The van der Waals surface area contributed by atoms with E-state index in [0.717, 1.165) is 17.5 Å². The molecule has 0 radical (unpaired) electrons. The number of hydrogen-bond donors (Lipinski definition) is 1. The van der Waals surface area contributed by atoms with Crippen LogP contribution in [0.15, 0.2) is 84.9 Å². The second kappa shape index (κ2) is 6.32. The lowest BCUT2D eigenvalue weighted by molar-refractivity contribution is -0.123. The molecule has 2 heteroatoms. The topological polar surface area (TPSA) is 29.1 Å². The highest BCUT2D eigenvalue weighted by molar-refractivity contribution is 5.87. The highest BCUT2D eigenvalue weighted by atomic mass is 16.2. The van der Waals surface area contributed by atoms with Crippen LogP contribution in [-0.2, 0) is 11.2 Å². The number of rotatable bonds is 3. The second-order valence-electron chi connectivity index (χ2n) is 6.22. The fourth-order valence-electron chi connectivity index (χ4n) is 3.51. The van der Waals surface area contributed by atoms with Gasteiger partial charge in [-0.15, -0.1) is 0 Å². The summed E-state index contributed by atoms with van der Waals surface area (Å²) in [4.78, 5) is 12.8. The van der Waals surface area contributed by atoms with Crippen molar-refractivity contribution in [1.82, 2.24) is 5.32 Å². The standard InChI is InChI=1S/C22H19NO/c24-22-20(15-16-9-3-1-4-10-16)18-13-7-8-14-19(18)21(23-22)17-11-5-2-6-12-17/h1-14,20-21H,15H2,(H,23,24). The van der Waals surface area contributed by atoms with Crippen molar-refractivity contribution in [3.05, 3.63) is 107 Å². The second-order valence-corrected chi connectivity index (χ2v) is 6.22. The van der Waals surface area contributed by atoms with Crippen LogP contribution in [0.25, 0.3) is 0 Å². The van der Waals surface area contributed by atoms with Crippen LogP contribution in [0.5, 0.6) is 0 Å². The van der Waals surface area contributed by atoms with Gasteiger partial charge in [0.2, 0.25) is 5.91 Å². The van der Waals surface area contributed by atoms with E-state index in [-0.39, 0.29) is 17.9 Å². The van der Waals surface area contributed by atoms with E-state index in [1.807, 2.05) is 48.5 Å². The van der Waals surface area contributed by atoms with Crippen LogP contribution in [0.2, 0.25) is 0 Å². The Balaban J connectivity index is 1.74. The summed E-state index contributed by atoms with van der Waals surface area (Å²) in [6.07, 6.45) is 0.727. The van der Waals surface area contributed by atoms with E-state index in [4.69, 9.17) is 0 Å². The lowest BCUT2D eigenvalue weighted by Gasteiger charge is -2.32. The summed E-state index contributed by atoms with van der Waals surface area (Å²) < 4.78 is 0. The molecular weight excluding hydrogens is 294 g/mol. The predicted octanol–water partition coefficient (Wildman–Crippen LogP) is 4.23. The van der Waals surface area contributed by atoms with Gasteiger partial charge >= 0.3 is 0 Å². The van der Waals surface area contributed by atoms with Gasteiger partial charge in [0.25, 0.3) is 0 Å². The molecule has 1 aliphatic rings. The van der Waals surface area contributed by atoms with Gasteiger partial charge < -0.3 is 5.32 Å². The molecule has 3 aromatic rings. The summed E-state index contributed by atoms with van der Waals surface area (Å²) >= 11 is 0. The first-order valence-corrected chi connectivity index (χ1v) is 8.31. The molecule has 24 heavy (non-hydrogen) atoms. The van der Waals surface area contributed by atoms with E-state index in [9.17, 15) is 4.79 Å². The molecule has 0 bridgehead atoms. The number of carbonyl (C=O) groups excluding carboxylic acids is 1. The average molecular weight is 313 g/mol. The van der Waals surface area contributed by atoms with Gasteiger partial charge in [-0.3, -0.25) is 4.79 Å². The van der Waals surface area contributed by atoms with Crippen LogP contribution in [0.3, 0.4) is 0 Å². The minimum Gasteiger partial charge on any atom is -0.345 e. The molecule has 1 aliphatic heterocycles. The third kappa shape index (κ3) is 2.71. The van der Waals surface area contributed by atoms with Crippen molar-refractivity contribution in [3.63, 3.8) is 0 Å². The number of benzene rings is 3. The molecule has 2 unspecified atom stereocenters. The zero-order valence-corrected chi connectivity index (χ0v) is 13.4. The van der Waals surface area contributed by atoms with Crippen molar-refractivity contribution < 1.29 is 4.79 Å². The Morgan fingerprint density at radius 3 is 2.00 bits per heavy atom. The third-order valence-electron chi connectivity index (χ3n) is 4.70. The van der Waals surface area contributed by atoms with E-state index in [1.54, 1.807) is 0 Å². The average Bonchev–Trinajstić information content (AvgIpc) is 2.65. The fourth-order valence-corrected chi connectivity index (χ4v) is 3.51. The Bertz CT molecular complexity index is 842. The molecule has 1 heterocycles. The van der Waals surface area contributed by atoms with Gasteiger partial charge in [-0.1, -0.05) is 84.9 Å². The maximum atomic E-state index is 12.8. The molecule has 3 aromatic carbocycles. The maximum absolute atomic E-state index is 12.8. The predicted molar refractivity (Wildman–Crippen MR) is 95.8 cm³/mol. The van der Waals surface area contributed by atoms with Gasteiger partial charge in [0.1, 0.15) is 0 Å². The zero-order valence-electron chi connectivity index (χ0n) is 13.4. The summed E-state index contributed by atoms with van der Waals surface area (Å²) in [5.41, 5.74) is 4.64. The number of amides is 1. The Morgan fingerprint density at radius 1 is 0.708 bits per heavy atom. The SMILES string of the molecule is O=C1NC(c2ccccc2)c2ccccc2C1Cc1ccccc1. The fraction of sp³-hybridized carbons (Fsp3) is 0.136. The summed E-state index contributed by atoms with van der Waals surface area (Å²) in [6, 6.07) is 28.6. The summed E-state index contributed by atoms with van der Waals surface area (Å²) in [7, 11) is 0. The molecular formula is C22H19NO. The van der Waals surface area contributed by atoms with E-state index in [1.165, 1.54) is 11.1 Å². The molecule has 0 spiro atoms. The minimum absolute atomic E-state index is 0.0677. The minimum atomic E-state index is -0.136. The van der Waals surface area contributed by atoms with E-state index in [0.29, 0.717) is 0 Å². The molecule has 0 aliphatic carbocycles. The van der Waals surface area contributed by atoms with Gasteiger partial charge in [-0.25, -0.2) is 0 Å². The van der Waals surface area contributed by atoms with Crippen LogP contribution in [-0.4, -0.2) is 5.91 Å². The van der Waals surface area contributed by atoms with Gasteiger partial charge in [-0.2, -0.15) is 0 Å². The highest BCUT2D eigenvalue weighted by Crippen LogP contribution is 2.36. The molecule has 0 saturated carbocycles. The van der Waals surface area contributed by atoms with Crippen LogP contribution in [0.1, 0.15) is 34.2 Å². The normalized spacial score (nSPS) is 19.4. The van der Waals surface area contributed by atoms with E-state index in [2.05, 4.69) is 41.7 Å². The van der Waals surface area contributed by atoms with Gasteiger partial charge in [-0.05, 0) is 28.7 Å². The van der Waals surface area contributed by atoms with Gasteiger partial charge in [0.15, 0.2) is 0 Å². The first-order chi connectivity index (χ1) is 11.8. The van der Waals surface area contributed by atoms with Crippen molar-refractivity contribution >= 4 is 5.91 Å². The van der Waals surface area contributed by atoms with E-state index >= 15 is 0 Å². The van der Waals surface area contributed by atoms with Crippen LogP contribution < -0.4 is 5.32 Å². The summed E-state index contributed by atoms with van der Waals surface area (Å²) in [5.74, 6) is -0.0324. The Morgan fingerprint density at radius 2 is 1.29 bits per heavy atom. The largest absolute Gasteiger partial charge is 0.345 e. The van der Waals surface area contributed by atoms with Gasteiger partial charge in [0, 0.05) is 0 Å². The van der Waals surface area contributed by atoms with E-state index < -0.39 is 0 Å².